The number of carbonyl (C=O) groups excluding carboxylic acids is 1. The minimum Gasteiger partial charge on any atom is -0.338 e. The van der Waals surface area contributed by atoms with Crippen molar-refractivity contribution in [2.24, 2.45) is 0 Å². The lowest BCUT2D eigenvalue weighted by Crippen LogP contribution is -2.46. The van der Waals surface area contributed by atoms with Crippen molar-refractivity contribution in [3.8, 4) is 0 Å². The van der Waals surface area contributed by atoms with E-state index in [9.17, 15) is 13.2 Å². The Morgan fingerprint density at radius 2 is 2.12 bits per heavy atom. The Balaban J connectivity index is 2.56. The van der Waals surface area contributed by atoms with Crippen molar-refractivity contribution in [2.45, 2.75) is 39.3 Å². The first-order chi connectivity index (χ1) is 7.85. The van der Waals surface area contributed by atoms with E-state index in [1.165, 1.54) is 0 Å². The molecule has 1 aliphatic rings. The van der Waals surface area contributed by atoms with Gasteiger partial charge in [-0.1, -0.05) is 13.8 Å². The molecule has 0 aliphatic carbocycles. The molecule has 5 nitrogen and oxygen atoms in total. The molecule has 0 spiro atoms. The van der Waals surface area contributed by atoms with E-state index in [-0.39, 0.29) is 36.0 Å². The van der Waals surface area contributed by atoms with E-state index in [1.54, 1.807) is 4.90 Å². The van der Waals surface area contributed by atoms with Crippen molar-refractivity contribution in [3.05, 3.63) is 0 Å². The molecule has 0 aromatic rings. The highest BCUT2D eigenvalue weighted by Crippen LogP contribution is 2.17. The second kappa shape index (κ2) is 5.82. The van der Waals surface area contributed by atoms with Crippen LogP contribution in [0.3, 0.4) is 0 Å². The normalized spacial score (nSPS) is 22.9. The van der Waals surface area contributed by atoms with E-state index in [1.807, 2.05) is 20.8 Å². The van der Waals surface area contributed by atoms with Gasteiger partial charge in [-0.3, -0.25) is 4.79 Å². The zero-order chi connectivity index (χ0) is 13.1. The average Bonchev–Trinajstić information content (AvgIpc) is 2.57. The van der Waals surface area contributed by atoms with Gasteiger partial charge in [0.25, 0.3) is 0 Å². The molecule has 0 aromatic carbocycles. The van der Waals surface area contributed by atoms with Gasteiger partial charge in [0.2, 0.25) is 5.91 Å². The molecule has 1 unspecified atom stereocenters. The predicted molar refractivity (Wildman–Crippen MR) is 67.6 cm³/mol. The fourth-order valence-electron chi connectivity index (χ4n) is 2.05. The van der Waals surface area contributed by atoms with Crippen LogP contribution in [0.4, 0.5) is 0 Å². The lowest BCUT2D eigenvalue weighted by molar-refractivity contribution is -0.131. The minimum absolute atomic E-state index is 0.0108. The van der Waals surface area contributed by atoms with Crippen LogP contribution in [-0.2, 0) is 14.6 Å². The first-order valence-electron chi connectivity index (χ1n) is 6.09. The highest BCUT2D eigenvalue weighted by atomic mass is 32.2. The van der Waals surface area contributed by atoms with Gasteiger partial charge >= 0.3 is 0 Å². The molecule has 6 heteroatoms. The molecule has 100 valence electrons. The Morgan fingerprint density at radius 1 is 1.47 bits per heavy atom. The summed E-state index contributed by atoms with van der Waals surface area (Å²) in [5, 5.41) is 3.06. The third kappa shape index (κ3) is 4.27. The van der Waals surface area contributed by atoms with Crippen LogP contribution in [-0.4, -0.2) is 55.9 Å². The van der Waals surface area contributed by atoms with Crippen molar-refractivity contribution < 1.29 is 13.2 Å². The van der Waals surface area contributed by atoms with Crippen molar-refractivity contribution in [1.82, 2.24) is 10.2 Å². The molecule has 1 saturated heterocycles. The van der Waals surface area contributed by atoms with Crippen LogP contribution in [0.5, 0.6) is 0 Å². The number of hydrogen-bond acceptors (Lipinski definition) is 4. The molecule has 1 atom stereocenters. The zero-order valence-corrected chi connectivity index (χ0v) is 11.6. The minimum atomic E-state index is -2.93. The fourth-order valence-corrected chi connectivity index (χ4v) is 3.78. The molecule has 1 fully saturated rings. The molecule has 1 amide bonds. The summed E-state index contributed by atoms with van der Waals surface area (Å²) in [5.74, 6) is 0.316. The molecule has 1 rings (SSSR count). The molecule has 1 N–H and O–H groups in total. The lowest BCUT2D eigenvalue weighted by atomic mass is 10.2. The quantitative estimate of drug-likeness (QED) is 0.758. The van der Waals surface area contributed by atoms with E-state index in [0.717, 1.165) is 0 Å². The largest absolute Gasteiger partial charge is 0.338 e. The van der Waals surface area contributed by atoms with Crippen LogP contribution in [0.2, 0.25) is 0 Å². The fraction of sp³-hybridized carbons (Fsp3) is 0.909. The number of sulfone groups is 1. The number of rotatable bonds is 5. The third-order valence-electron chi connectivity index (χ3n) is 2.97. The van der Waals surface area contributed by atoms with Gasteiger partial charge in [-0.25, -0.2) is 8.42 Å². The first kappa shape index (κ1) is 14.4. The number of amides is 1. The molecule has 1 heterocycles. The second-order valence-electron chi connectivity index (χ2n) is 4.77. The van der Waals surface area contributed by atoms with E-state index < -0.39 is 9.84 Å². The van der Waals surface area contributed by atoms with Crippen molar-refractivity contribution in [1.29, 1.82) is 0 Å². The standard InChI is InChI=1S/C11H22N2O3S/c1-4-13(11(14)7-12-9(2)3)10-5-6-17(15,16)8-10/h9-10,12H,4-8H2,1-3H3. The molecular formula is C11H22N2O3S. The number of nitrogens with zero attached hydrogens (tertiary/aromatic N) is 1. The summed E-state index contributed by atoms with van der Waals surface area (Å²) >= 11 is 0. The van der Waals surface area contributed by atoms with Gasteiger partial charge in [0.15, 0.2) is 9.84 Å². The molecule has 17 heavy (non-hydrogen) atoms. The summed E-state index contributed by atoms with van der Waals surface area (Å²) in [7, 11) is -2.93. The van der Waals surface area contributed by atoms with Crippen LogP contribution in [0.15, 0.2) is 0 Å². The number of hydrogen-bond donors (Lipinski definition) is 1. The molecule has 0 radical (unpaired) electrons. The van der Waals surface area contributed by atoms with E-state index in [2.05, 4.69) is 5.32 Å². The lowest BCUT2D eigenvalue weighted by Gasteiger charge is -2.27. The number of carbonyl (C=O) groups is 1. The number of nitrogens with one attached hydrogen (secondary N) is 1. The van der Waals surface area contributed by atoms with Crippen LogP contribution >= 0.6 is 0 Å². The van der Waals surface area contributed by atoms with Gasteiger partial charge in [-0.2, -0.15) is 0 Å². The second-order valence-corrected chi connectivity index (χ2v) is 7.00. The van der Waals surface area contributed by atoms with Crippen molar-refractivity contribution in [3.63, 3.8) is 0 Å². The van der Waals surface area contributed by atoms with E-state index in [0.29, 0.717) is 13.0 Å². The van der Waals surface area contributed by atoms with Crippen LogP contribution < -0.4 is 5.32 Å². The Labute approximate surface area is 103 Å². The van der Waals surface area contributed by atoms with E-state index in [4.69, 9.17) is 0 Å². The smallest absolute Gasteiger partial charge is 0.236 e. The maximum atomic E-state index is 11.9. The summed E-state index contributed by atoms with van der Waals surface area (Å²) in [4.78, 5) is 13.6. The van der Waals surface area contributed by atoms with Gasteiger partial charge in [-0.05, 0) is 13.3 Å². The molecule has 1 aliphatic heterocycles. The Hall–Kier alpha value is -0.620. The van der Waals surface area contributed by atoms with Crippen molar-refractivity contribution in [2.75, 3.05) is 24.6 Å². The van der Waals surface area contributed by atoms with Gasteiger partial charge in [-0.15, -0.1) is 0 Å². The Morgan fingerprint density at radius 3 is 2.53 bits per heavy atom. The molecular weight excluding hydrogens is 240 g/mol. The molecule has 0 bridgehead atoms. The van der Waals surface area contributed by atoms with Crippen LogP contribution in [0.1, 0.15) is 27.2 Å². The highest BCUT2D eigenvalue weighted by molar-refractivity contribution is 7.91. The topological polar surface area (TPSA) is 66.5 Å². The van der Waals surface area contributed by atoms with Gasteiger partial charge in [0.1, 0.15) is 0 Å². The first-order valence-corrected chi connectivity index (χ1v) is 7.91. The summed E-state index contributed by atoms with van der Waals surface area (Å²) in [6, 6.07) is 0.122. The number of likely N-dealkylation sites (N-methyl/N-ethyl adjacent to an activating group) is 1. The summed E-state index contributed by atoms with van der Waals surface area (Å²) in [6.07, 6.45) is 0.573. The monoisotopic (exact) mass is 262 g/mol. The van der Waals surface area contributed by atoms with Gasteiger partial charge in [0.05, 0.1) is 18.1 Å². The Bertz CT molecular complexity index is 365. The third-order valence-corrected chi connectivity index (χ3v) is 4.72. The molecule has 0 saturated carbocycles. The maximum absolute atomic E-state index is 11.9. The van der Waals surface area contributed by atoms with E-state index >= 15 is 0 Å². The molecule has 0 aromatic heterocycles. The maximum Gasteiger partial charge on any atom is 0.236 e. The SMILES string of the molecule is CCN(C(=O)CNC(C)C)C1CCS(=O)(=O)C1. The Kier molecular flexibility index (Phi) is 4.94. The summed E-state index contributed by atoms with van der Waals surface area (Å²) in [5.41, 5.74) is 0. The zero-order valence-electron chi connectivity index (χ0n) is 10.8. The predicted octanol–water partition coefficient (Wildman–Crippen LogP) is 0.0200. The van der Waals surface area contributed by atoms with Crippen molar-refractivity contribution >= 4 is 15.7 Å². The van der Waals surface area contributed by atoms with Crippen LogP contribution in [0.25, 0.3) is 0 Å². The summed E-state index contributed by atoms with van der Waals surface area (Å²) < 4.78 is 22.8. The van der Waals surface area contributed by atoms with Crippen LogP contribution in [0, 0.1) is 0 Å². The average molecular weight is 262 g/mol. The van der Waals surface area contributed by atoms with Gasteiger partial charge < -0.3 is 10.2 Å². The highest BCUT2D eigenvalue weighted by Gasteiger charge is 2.33. The summed E-state index contributed by atoms with van der Waals surface area (Å²) in [6.45, 7) is 6.69. The van der Waals surface area contributed by atoms with Gasteiger partial charge in [0, 0.05) is 18.6 Å².